The summed E-state index contributed by atoms with van der Waals surface area (Å²) >= 11 is 13.0. The van der Waals surface area contributed by atoms with Crippen LogP contribution >= 0.6 is 23.2 Å². The van der Waals surface area contributed by atoms with Gasteiger partial charge in [-0.2, -0.15) is 5.26 Å². The Morgan fingerprint density at radius 3 is 2.31 bits per heavy atom. The lowest BCUT2D eigenvalue weighted by molar-refractivity contribution is -0.377. The molecular formula is C38H38Cl2N4O7. The van der Waals surface area contributed by atoms with Crippen molar-refractivity contribution in [2.24, 2.45) is 5.92 Å². The molecule has 3 aliphatic rings. The second-order valence-corrected chi connectivity index (χ2v) is 13.2. The lowest BCUT2D eigenvalue weighted by Crippen LogP contribution is -2.53. The van der Waals surface area contributed by atoms with Gasteiger partial charge >= 0.3 is 12.1 Å². The number of hydrogen-bond acceptors (Lipinski definition) is 9. The van der Waals surface area contributed by atoms with E-state index in [0.29, 0.717) is 55.4 Å². The van der Waals surface area contributed by atoms with E-state index in [0.717, 1.165) is 38.0 Å². The third kappa shape index (κ3) is 8.72. The first-order valence-corrected chi connectivity index (χ1v) is 17.1. The van der Waals surface area contributed by atoms with Crippen LogP contribution in [0.5, 0.6) is 11.5 Å². The van der Waals surface area contributed by atoms with E-state index < -0.39 is 18.2 Å². The highest BCUT2D eigenvalue weighted by molar-refractivity contribution is 6.35. The average Bonchev–Trinajstić information content (AvgIpc) is 3.15. The Labute approximate surface area is 306 Å². The van der Waals surface area contributed by atoms with Crippen LogP contribution in [0.4, 0.5) is 10.5 Å². The molecule has 1 amide bonds. The number of methoxy groups -OCH3 is 2. The Morgan fingerprint density at radius 2 is 1.69 bits per heavy atom. The van der Waals surface area contributed by atoms with Gasteiger partial charge in [-0.1, -0.05) is 47.5 Å². The number of halogens is 2. The van der Waals surface area contributed by atoms with Gasteiger partial charge in [-0.05, 0) is 85.4 Å². The summed E-state index contributed by atoms with van der Waals surface area (Å²) < 4.78 is 23.1. The number of nitrogens with zero attached hydrogens (tertiary/aromatic N) is 3. The number of ether oxygens (including phenoxy) is 4. The van der Waals surface area contributed by atoms with Crippen LogP contribution in [-0.2, 0) is 22.4 Å². The van der Waals surface area contributed by atoms with Crippen molar-refractivity contribution in [3.8, 4) is 17.6 Å². The molecule has 7 rings (SSSR count). The zero-order valence-electron chi connectivity index (χ0n) is 28.2. The van der Waals surface area contributed by atoms with Crippen LogP contribution in [0.2, 0.25) is 10.0 Å². The average molecular weight is 734 g/mol. The van der Waals surface area contributed by atoms with E-state index in [1.807, 2.05) is 0 Å². The Balaban J connectivity index is 0.00000504. The second kappa shape index (κ2) is 16.9. The van der Waals surface area contributed by atoms with Crippen LogP contribution < -0.4 is 19.4 Å². The molecule has 0 saturated carbocycles. The molecule has 51 heavy (non-hydrogen) atoms. The normalized spacial score (nSPS) is 18.1. The van der Waals surface area contributed by atoms with Crippen LogP contribution in [0.15, 0.2) is 79.1 Å². The van der Waals surface area contributed by atoms with Gasteiger partial charge in [-0.25, -0.2) is 14.6 Å². The number of amides is 1. The smallest absolute Gasteiger partial charge is 0.414 e. The van der Waals surface area contributed by atoms with E-state index in [1.165, 1.54) is 12.0 Å². The summed E-state index contributed by atoms with van der Waals surface area (Å²) in [6.45, 7) is 2.96. The monoisotopic (exact) mass is 732 g/mol. The fourth-order valence-electron chi connectivity index (χ4n) is 6.51. The Hall–Kier alpha value is -4.86. The van der Waals surface area contributed by atoms with E-state index in [1.54, 1.807) is 86.2 Å². The van der Waals surface area contributed by atoms with Gasteiger partial charge in [0.15, 0.2) is 23.9 Å². The molecule has 3 saturated heterocycles. The summed E-state index contributed by atoms with van der Waals surface area (Å²) in [5.41, 5.74) is 3.31. The van der Waals surface area contributed by atoms with Crippen molar-refractivity contribution in [3.63, 3.8) is 0 Å². The van der Waals surface area contributed by atoms with Crippen molar-refractivity contribution in [2.45, 2.75) is 38.0 Å². The number of aromatic amines is 1. The van der Waals surface area contributed by atoms with Crippen molar-refractivity contribution in [3.05, 3.63) is 117 Å². The minimum atomic E-state index is -0.775. The fraction of sp³-hybridized carbons (Fsp3) is 0.316. The Kier molecular flexibility index (Phi) is 12.4. The van der Waals surface area contributed by atoms with E-state index in [4.69, 9.17) is 42.1 Å². The number of fused-ring (bicyclic) bond motifs is 3. The van der Waals surface area contributed by atoms with Gasteiger partial charge in [0.05, 0.1) is 38.0 Å². The van der Waals surface area contributed by atoms with E-state index in [-0.39, 0.29) is 24.5 Å². The van der Waals surface area contributed by atoms with Crippen molar-refractivity contribution >= 4 is 41.0 Å². The summed E-state index contributed by atoms with van der Waals surface area (Å²) in [4.78, 5) is 34.1. The van der Waals surface area contributed by atoms with Gasteiger partial charge < -0.3 is 24.4 Å². The number of pyridine rings is 1. The lowest BCUT2D eigenvalue weighted by atomic mass is 9.86. The van der Waals surface area contributed by atoms with E-state index in [9.17, 15) is 14.9 Å². The molecule has 0 radical (unpaired) electrons. The molecular weight excluding hydrogens is 695 g/mol. The highest BCUT2D eigenvalue weighted by Gasteiger charge is 2.37. The van der Waals surface area contributed by atoms with Crippen molar-refractivity contribution < 1.29 is 39.0 Å². The number of hydrogen-bond donors (Lipinski definition) is 0. The van der Waals surface area contributed by atoms with Gasteiger partial charge in [0.1, 0.15) is 22.3 Å². The maximum Gasteiger partial charge on any atom is 0.414 e. The molecule has 2 N–H and O–H groups in total. The number of anilines is 1. The summed E-state index contributed by atoms with van der Waals surface area (Å²) in [6, 6.07) is 21.2. The third-order valence-corrected chi connectivity index (χ3v) is 9.98. The maximum atomic E-state index is 13.7. The van der Waals surface area contributed by atoms with E-state index >= 15 is 0 Å². The number of benzene rings is 3. The Morgan fingerprint density at radius 1 is 0.980 bits per heavy atom. The predicted molar refractivity (Wildman–Crippen MR) is 190 cm³/mol. The van der Waals surface area contributed by atoms with Crippen LogP contribution in [0, 0.1) is 17.2 Å². The summed E-state index contributed by atoms with van der Waals surface area (Å²) in [7, 11) is 3.08. The first-order chi connectivity index (χ1) is 24.3. The topological polar surface area (TPSA) is 145 Å². The summed E-state index contributed by atoms with van der Waals surface area (Å²) in [5, 5.41) is 10.3. The molecule has 3 aliphatic heterocycles. The Bertz CT molecular complexity index is 1870. The number of carbonyl (C=O) groups is 2. The van der Waals surface area contributed by atoms with Crippen LogP contribution in [0.1, 0.15) is 51.6 Å². The summed E-state index contributed by atoms with van der Waals surface area (Å²) in [5.74, 6) is 0.789. The van der Waals surface area contributed by atoms with Crippen LogP contribution in [-0.4, -0.2) is 62.4 Å². The van der Waals surface area contributed by atoms with Gasteiger partial charge in [0.25, 0.3) is 0 Å². The zero-order chi connectivity index (χ0) is 35.2. The molecule has 2 atom stereocenters. The first kappa shape index (κ1) is 37.4. The lowest BCUT2D eigenvalue weighted by Gasteiger charge is -2.44. The van der Waals surface area contributed by atoms with Crippen molar-refractivity contribution in [1.29, 1.82) is 5.26 Å². The molecule has 1 aromatic heterocycles. The molecule has 13 heteroatoms. The highest BCUT2D eigenvalue weighted by Crippen LogP contribution is 2.36. The molecule has 0 unspecified atom stereocenters. The maximum absolute atomic E-state index is 13.7. The molecule has 266 valence electrons. The SMILES string of the molecule is COc1ccc([C@H](Cc2c(Cl)c[nH+]cc2Cl)OC(=O)c2ccc(CN(C(=O)O[C@H]3CN4CCC3CC4)c3cccc(C#N)c3)cc2)cc1OC.[OH-]. The molecule has 11 nitrogen and oxygen atoms in total. The van der Waals surface area contributed by atoms with Crippen molar-refractivity contribution in [2.75, 3.05) is 38.8 Å². The van der Waals surface area contributed by atoms with Gasteiger partial charge in [-0.15, -0.1) is 0 Å². The standard InChI is InChI=1S/C38H36Cl2N4O6.H2O/c1-47-33-11-10-28(17-35(33)48-2)34(18-30-31(39)20-42-21-32(30)40)49-37(45)27-8-6-24(7-9-27)22-44(29-5-3-4-25(16-29)19-41)38(46)50-36-23-43-14-12-26(36)13-15-43;/h3-11,16-17,20-21,26,34,36H,12-15,18,22-23H2,1-2H3;1H2/t34-,36-;/m0./s1. The molecule has 0 aliphatic carbocycles. The minimum absolute atomic E-state index is 0. The molecule has 3 aromatic carbocycles. The predicted octanol–water partition coefficient (Wildman–Crippen LogP) is 6.90. The van der Waals surface area contributed by atoms with Crippen LogP contribution in [0.25, 0.3) is 0 Å². The fourth-order valence-corrected chi connectivity index (χ4v) is 7.04. The van der Waals surface area contributed by atoms with E-state index in [2.05, 4.69) is 16.0 Å². The molecule has 4 heterocycles. The molecule has 0 spiro atoms. The molecule has 2 bridgehead atoms. The number of rotatable bonds is 11. The number of nitriles is 1. The zero-order valence-corrected chi connectivity index (χ0v) is 29.7. The molecule has 4 aromatic rings. The molecule has 3 fully saturated rings. The highest BCUT2D eigenvalue weighted by atomic mass is 35.5. The largest absolute Gasteiger partial charge is 0.870 e. The number of H-pyrrole nitrogens is 1. The quantitative estimate of drug-likeness (QED) is 0.150. The number of esters is 1. The summed E-state index contributed by atoms with van der Waals surface area (Å²) in [6.07, 6.45) is 4.01. The number of piperidine rings is 3. The van der Waals surface area contributed by atoms with Gasteiger partial charge in [-0.3, -0.25) is 9.80 Å². The van der Waals surface area contributed by atoms with Gasteiger partial charge in [0.2, 0.25) is 0 Å². The first-order valence-electron chi connectivity index (χ1n) is 16.3. The van der Waals surface area contributed by atoms with Crippen LogP contribution in [0.3, 0.4) is 0 Å². The van der Waals surface area contributed by atoms with Gasteiger partial charge in [0, 0.05) is 24.2 Å². The second-order valence-electron chi connectivity index (χ2n) is 12.3. The number of aromatic nitrogens is 1. The van der Waals surface area contributed by atoms with Crippen molar-refractivity contribution in [1.82, 2.24) is 4.90 Å². The third-order valence-electron chi connectivity index (χ3n) is 9.30. The minimum Gasteiger partial charge on any atom is -0.870 e. The number of carbonyl (C=O) groups excluding carboxylic acids is 2. The number of nitrogens with one attached hydrogen (secondary N) is 1.